The quantitative estimate of drug-likeness (QED) is 0.395. The predicted molar refractivity (Wildman–Crippen MR) is 132 cm³/mol. The molecule has 8 heteroatoms. The van der Waals surface area contributed by atoms with Crippen LogP contribution in [-0.2, 0) is 21.2 Å². The normalized spacial score (nSPS) is 11.1. The second-order valence-corrected chi connectivity index (χ2v) is 9.60. The van der Waals surface area contributed by atoms with E-state index in [9.17, 15) is 17.6 Å². The summed E-state index contributed by atoms with van der Waals surface area (Å²) < 4.78 is 46.6. The number of anilines is 2. The highest BCUT2D eigenvalue weighted by Gasteiger charge is 2.27. The van der Waals surface area contributed by atoms with Gasteiger partial charge in [-0.3, -0.25) is 9.10 Å². The summed E-state index contributed by atoms with van der Waals surface area (Å²) in [5.41, 5.74) is 2.05. The van der Waals surface area contributed by atoms with Gasteiger partial charge in [-0.05, 0) is 86.0 Å². The van der Waals surface area contributed by atoms with E-state index in [0.717, 1.165) is 35.7 Å². The average Bonchev–Trinajstić information content (AvgIpc) is 2.83. The second kappa shape index (κ2) is 11.7. The Hall–Kier alpha value is -3.39. The van der Waals surface area contributed by atoms with Gasteiger partial charge in [0.2, 0.25) is 5.91 Å². The van der Waals surface area contributed by atoms with Crippen molar-refractivity contribution >= 4 is 27.3 Å². The van der Waals surface area contributed by atoms with Gasteiger partial charge in [0, 0.05) is 5.69 Å². The Bertz CT molecular complexity index is 1180. The Labute approximate surface area is 200 Å². The van der Waals surface area contributed by atoms with Gasteiger partial charge in [0.05, 0.1) is 17.2 Å². The van der Waals surface area contributed by atoms with Crippen LogP contribution < -0.4 is 14.4 Å². The fraction of sp³-hybridized carbons (Fsp3) is 0.269. The number of nitrogens with one attached hydrogen (secondary N) is 1. The van der Waals surface area contributed by atoms with Crippen LogP contribution in [0, 0.1) is 5.82 Å². The van der Waals surface area contributed by atoms with Gasteiger partial charge < -0.3 is 10.1 Å². The van der Waals surface area contributed by atoms with Gasteiger partial charge in [-0.2, -0.15) is 0 Å². The Morgan fingerprint density at radius 3 is 2.18 bits per heavy atom. The fourth-order valence-electron chi connectivity index (χ4n) is 3.39. The topological polar surface area (TPSA) is 75.7 Å². The van der Waals surface area contributed by atoms with Crippen molar-refractivity contribution in [1.82, 2.24) is 0 Å². The standard InChI is InChI=1S/C26H29FN2O4S/c1-3-5-6-20-7-11-22(12-8-20)28-26(30)19-29(23-13-15-24(16-14-23)33-4-2)34(31,32)25-17-9-21(27)10-18-25/h7-18H,3-6,19H2,1-2H3,(H,28,30). The van der Waals surface area contributed by atoms with E-state index in [2.05, 4.69) is 12.2 Å². The number of nitrogens with zero attached hydrogens (tertiary/aromatic N) is 1. The Morgan fingerprint density at radius 1 is 0.941 bits per heavy atom. The summed E-state index contributed by atoms with van der Waals surface area (Å²) in [6.45, 7) is 3.99. The molecule has 0 saturated carbocycles. The molecule has 0 aliphatic heterocycles. The van der Waals surface area contributed by atoms with E-state index in [-0.39, 0.29) is 10.6 Å². The highest BCUT2D eigenvalue weighted by atomic mass is 32.2. The van der Waals surface area contributed by atoms with E-state index in [4.69, 9.17) is 4.74 Å². The summed E-state index contributed by atoms with van der Waals surface area (Å²) in [6, 6.07) is 18.4. The molecule has 0 heterocycles. The van der Waals surface area contributed by atoms with Crippen LogP contribution in [0.3, 0.4) is 0 Å². The summed E-state index contributed by atoms with van der Waals surface area (Å²) in [6.07, 6.45) is 3.15. The van der Waals surface area contributed by atoms with E-state index < -0.39 is 28.3 Å². The van der Waals surface area contributed by atoms with Crippen LogP contribution in [0.15, 0.2) is 77.7 Å². The van der Waals surface area contributed by atoms with Crippen LogP contribution in [0.4, 0.5) is 15.8 Å². The number of halogens is 1. The van der Waals surface area contributed by atoms with Gasteiger partial charge in [0.15, 0.2) is 0 Å². The van der Waals surface area contributed by atoms with Crippen LogP contribution in [0.5, 0.6) is 5.75 Å². The molecule has 3 rings (SSSR count). The molecule has 6 nitrogen and oxygen atoms in total. The van der Waals surface area contributed by atoms with Crippen LogP contribution in [0.25, 0.3) is 0 Å². The maximum absolute atomic E-state index is 13.4. The lowest BCUT2D eigenvalue weighted by Gasteiger charge is -2.24. The molecule has 0 radical (unpaired) electrons. The third-order valence-corrected chi connectivity index (χ3v) is 6.97. The molecule has 180 valence electrons. The molecule has 0 saturated heterocycles. The first-order valence-electron chi connectivity index (χ1n) is 11.2. The molecule has 34 heavy (non-hydrogen) atoms. The van der Waals surface area contributed by atoms with Crippen molar-refractivity contribution in [2.45, 2.75) is 38.0 Å². The predicted octanol–water partition coefficient (Wildman–Crippen LogP) is 5.40. The zero-order chi connectivity index (χ0) is 24.6. The average molecular weight is 485 g/mol. The van der Waals surface area contributed by atoms with E-state index >= 15 is 0 Å². The first-order valence-corrected chi connectivity index (χ1v) is 12.7. The number of aryl methyl sites for hydroxylation is 1. The summed E-state index contributed by atoms with van der Waals surface area (Å²) in [5, 5.41) is 2.76. The molecule has 0 bridgehead atoms. The maximum atomic E-state index is 13.4. The zero-order valence-electron chi connectivity index (χ0n) is 19.3. The minimum absolute atomic E-state index is 0.115. The lowest BCUT2D eigenvalue weighted by molar-refractivity contribution is -0.114. The van der Waals surface area contributed by atoms with Crippen molar-refractivity contribution in [3.8, 4) is 5.75 Å². The first kappa shape index (κ1) is 25.2. The maximum Gasteiger partial charge on any atom is 0.264 e. The summed E-state index contributed by atoms with van der Waals surface area (Å²) in [4.78, 5) is 12.7. The molecular weight excluding hydrogens is 455 g/mol. The lowest BCUT2D eigenvalue weighted by atomic mass is 10.1. The van der Waals surface area contributed by atoms with Gasteiger partial charge in [0.1, 0.15) is 18.1 Å². The number of benzene rings is 3. The SMILES string of the molecule is CCCCc1ccc(NC(=O)CN(c2ccc(OCC)cc2)S(=O)(=O)c2ccc(F)cc2)cc1. The molecular formula is C26H29FN2O4S. The number of unbranched alkanes of at least 4 members (excludes halogenated alkanes) is 1. The lowest BCUT2D eigenvalue weighted by Crippen LogP contribution is -2.38. The Kier molecular flexibility index (Phi) is 8.65. The van der Waals surface area contributed by atoms with Gasteiger partial charge in [-0.25, -0.2) is 12.8 Å². The van der Waals surface area contributed by atoms with Crippen molar-refractivity contribution in [2.24, 2.45) is 0 Å². The third kappa shape index (κ3) is 6.57. The second-order valence-electron chi connectivity index (χ2n) is 7.74. The van der Waals surface area contributed by atoms with E-state index in [1.54, 1.807) is 36.4 Å². The first-order chi connectivity index (χ1) is 16.3. The molecule has 0 spiro atoms. The van der Waals surface area contributed by atoms with Crippen molar-refractivity contribution in [2.75, 3.05) is 22.8 Å². The van der Waals surface area contributed by atoms with E-state index in [1.807, 2.05) is 19.1 Å². The smallest absolute Gasteiger partial charge is 0.264 e. The Morgan fingerprint density at radius 2 is 1.59 bits per heavy atom. The molecule has 1 N–H and O–H groups in total. The number of hydrogen-bond donors (Lipinski definition) is 1. The summed E-state index contributed by atoms with van der Waals surface area (Å²) in [7, 11) is -4.14. The minimum atomic E-state index is -4.14. The number of amides is 1. The molecule has 0 aliphatic rings. The van der Waals surface area contributed by atoms with Crippen molar-refractivity contribution in [3.63, 3.8) is 0 Å². The number of hydrogen-bond acceptors (Lipinski definition) is 4. The zero-order valence-corrected chi connectivity index (χ0v) is 20.1. The molecule has 0 aliphatic carbocycles. The monoisotopic (exact) mass is 484 g/mol. The summed E-state index contributed by atoms with van der Waals surface area (Å²) in [5.74, 6) is -0.467. The molecule has 0 atom stereocenters. The van der Waals surface area contributed by atoms with Crippen LogP contribution >= 0.6 is 0 Å². The molecule has 0 aromatic heterocycles. The molecule has 3 aromatic carbocycles. The molecule has 3 aromatic rings. The van der Waals surface area contributed by atoms with E-state index in [0.29, 0.717) is 18.0 Å². The number of ether oxygens (including phenoxy) is 1. The van der Waals surface area contributed by atoms with E-state index in [1.165, 1.54) is 17.7 Å². The largest absolute Gasteiger partial charge is 0.494 e. The van der Waals surface area contributed by atoms with Crippen LogP contribution in [-0.4, -0.2) is 27.5 Å². The number of carbonyl (C=O) groups excluding carboxylic acids is 1. The third-order valence-electron chi connectivity index (χ3n) is 5.18. The summed E-state index contributed by atoms with van der Waals surface area (Å²) >= 11 is 0. The van der Waals surface area contributed by atoms with Crippen molar-refractivity contribution < 1.29 is 22.3 Å². The van der Waals surface area contributed by atoms with Gasteiger partial charge in [-0.15, -0.1) is 0 Å². The molecule has 1 amide bonds. The van der Waals surface area contributed by atoms with Crippen LogP contribution in [0.1, 0.15) is 32.3 Å². The minimum Gasteiger partial charge on any atom is -0.494 e. The van der Waals surface area contributed by atoms with Crippen LogP contribution in [0.2, 0.25) is 0 Å². The highest BCUT2D eigenvalue weighted by molar-refractivity contribution is 7.92. The number of rotatable bonds is 11. The van der Waals surface area contributed by atoms with Gasteiger partial charge in [-0.1, -0.05) is 25.5 Å². The Balaban J connectivity index is 1.84. The number of carbonyl (C=O) groups is 1. The molecule has 0 fully saturated rings. The van der Waals surface area contributed by atoms with Crippen molar-refractivity contribution in [1.29, 1.82) is 0 Å². The highest BCUT2D eigenvalue weighted by Crippen LogP contribution is 2.26. The van der Waals surface area contributed by atoms with Crippen molar-refractivity contribution in [3.05, 3.63) is 84.2 Å². The molecule has 0 unspecified atom stereocenters. The fourth-order valence-corrected chi connectivity index (χ4v) is 4.81. The number of sulfonamides is 1. The van der Waals surface area contributed by atoms with Gasteiger partial charge in [0.25, 0.3) is 10.0 Å². The van der Waals surface area contributed by atoms with Gasteiger partial charge >= 0.3 is 0 Å².